The quantitative estimate of drug-likeness (QED) is 0.469. The Bertz CT molecular complexity index is 925. The number of hydrogen-bond acceptors (Lipinski definition) is 4. The van der Waals surface area contributed by atoms with E-state index in [1.807, 2.05) is 60.7 Å². The van der Waals surface area contributed by atoms with E-state index in [2.05, 4.69) is 5.32 Å². The molecule has 0 saturated heterocycles. The zero-order valence-electron chi connectivity index (χ0n) is 14.7. The maximum Gasteiger partial charge on any atom is 0.312 e. The second-order valence-electron chi connectivity index (χ2n) is 5.98. The van der Waals surface area contributed by atoms with E-state index >= 15 is 0 Å². The first kappa shape index (κ1) is 19.4. The number of carbonyl (C=O) groups excluding carboxylic acids is 1. The molecule has 0 aromatic heterocycles. The molecular weight excluding hydrogens is 380 g/mol. The van der Waals surface area contributed by atoms with Crippen LogP contribution in [0.4, 0.5) is 5.69 Å². The first-order valence-corrected chi connectivity index (χ1v) is 8.88. The summed E-state index contributed by atoms with van der Waals surface area (Å²) in [5.74, 6) is -0.414. The maximum absolute atomic E-state index is 12.5. The number of nitro benzene ring substituents is 1. The molecule has 0 radical (unpaired) electrons. The number of halogens is 1. The van der Waals surface area contributed by atoms with E-state index in [0.717, 1.165) is 11.1 Å². The molecule has 0 aliphatic carbocycles. The van der Waals surface area contributed by atoms with Crippen molar-refractivity contribution in [3.05, 3.63) is 105 Å². The van der Waals surface area contributed by atoms with Crippen molar-refractivity contribution in [2.45, 2.75) is 6.04 Å². The van der Waals surface area contributed by atoms with E-state index in [1.165, 1.54) is 18.2 Å². The van der Waals surface area contributed by atoms with Gasteiger partial charge >= 0.3 is 5.69 Å². The zero-order valence-corrected chi connectivity index (χ0v) is 15.5. The predicted molar refractivity (Wildman–Crippen MR) is 106 cm³/mol. The first-order chi connectivity index (χ1) is 13.5. The summed E-state index contributed by atoms with van der Waals surface area (Å²) < 4.78 is 5.38. The van der Waals surface area contributed by atoms with E-state index in [1.54, 1.807) is 0 Å². The number of amides is 1. The molecule has 0 heterocycles. The van der Waals surface area contributed by atoms with Gasteiger partial charge in [0.2, 0.25) is 0 Å². The van der Waals surface area contributed by atoms with Crippen LogP contribution in [0.2, 0.25) is 5.02 Å². The van der Waals surface area contributed by atoms with Crippen LogP contribution < -0.4 is 10.1 Å². The Hall–Kier alpha value is -3.38. The summed E-state index contributed by atoms with van der Waals surface area (Å²) in [6.45, 7) is -0.362. The van der Waals surface area contributed by atoms with Crippen molar-refractivity contribution in [1.29, 1.82) is 0 Å². The number of nitrogens with zero attached hydrogens (tertiary/aromatic N) is 1. The number of carbonyl (C=O) groups is 1. The molecule has 0 fully saturated rings. The maximum atomic E-state index is 12.5. The van der Waals surface area contributed by atoms with E-state index in [9.17, 15) is 14.9 Å². The van der Waals surface area contributed by atoms with Gasteiger partial charge in [0.25, 0.3) is 5.91 Å². The van der Waals surface area contributed by atoms with E-state index < -0.39 is 10.8 Å². The topological polar surface area (TPSA) is 81.5 Å². The van der Waals surface area contributed by atoms with Crippen LogP contribution in [0.15, 0.2) is 78.9 Å². The van der Waals surface area contributed by atoms with Gasteiger partial charge < -0.3 is 10.1 Å². The summed E-state index contributed by atoms with van der Waals surface area (Å²) in [5.41, 5.74) is 1.54. The summed E-state index contributed by atoms with van der Waals surface area (Å²) in [4.78, 5) is 23.0. The Morgan fingerprint density at radius 3 is 2.11 bits per heavy atom. The lowest BCUT2D eigenvalue weighted by molar-refractivity contribution is -0.385. The molecule has 0 aliphatic heterocycles. The van der Waals surface area contributed by atoms with Crippen molar-refractivity contribution >= 4 is 23.2 Å². The van der Waals surface area contributed by atoms with Crippen LogP contribution >= 0.6 is 11.6 Å². The third-order valence-corrected chi connectivity index (χ3v) is 4.28. The smallest absolute Gasteiger partial charge is 0.312 e. The molecule has 1 N–H and O–H groups in total. The molecule has 3 aromatic carbocycles. The molecule has 3 aromatic rings. The minimum Gasteiger partial charge on any atom is -0.477 e. The zero-order chi connectivity index (χ0) is 19.9. The Morgan fingerprint density at radius 1 is 1.00 bits per heavy atom. The Kier molecular flexibility index (Phi) is 6.24. The highest BCUT2D eigenvalue weighted by atomic mass is 35.5. The fourth-order valence-electron chi connectivity index (χ4n) is 2.75. The SMILES string of the molecule is O=C(COc1ccc(Cl)cc1[N+](=O)[O-])NC(c1ccccc1)c1ccccc1. The Balaban J connectivity index is 1.74. The lowest BCUT2D eigenvalue weighted by Gasteiger charge is -2.20. The largest absolute Gasteiger partial charge is 0.477 e. The lowest BCUT2D eigenvalue weighted by atomic mass is 9.99. The molecule has 142 valence electrons. The van der Waals surface area contributed by atoms with Gasteiger partial charge in [-0.2, -0.15) is 0 Å². The lowest BCUT2D eigenvalue weighted by Crippen LogP contribution is -2.33. The van der Waals surface area contributed by atoms with E-state index in [0.29, 0.717) is 0 Å². The van der Waals surface area contributed by atoms with Crippen molar-refractivity contribution in [3.63, 3.8) is 0 Å². The van der Waals surface area contributed by atoms with Crippen LogP contribution in [-0.4, -0.2) is 17.4 Å². The Morgan fingerprint density at radius 2 is 1.57 bits per heavy atom. The first-order valence-electron chi connectivity index (χ1n) is 8.50. The molecule has 6 nitrogen and oxygen atoms in total. The van der Waals surface area contributed by atoms with E-state index in [-0.39, 0.29) is 29.1 Å². The molecule has 3 rings (SSSR count). The normalized spacial score (nSPS) is 10.5. The van der Waals surface area contributed by atoms with Gasteiger partial charge in [-0.1, -0.05) is 72.3 Å². The summed E-state index contributed by atoms with van der Waals surface area (Å²) in [5, 5.41) is 14.3. The van der Waals surface area contributed by atoms with Gasteiger partial charge in [-0.25, -0.2) is 0 Å². The molecule has 0 unspecified atom stereocenters. The highest BCUT2D eigenvalue weighted by molar-refractivity contribution is 6.30. The number of ether oxygens (including phenoxy) is 1. The van der Waals surface area contributed by atoms with Crippen molar-refractivity contribution in [2.75, 3.05) is 6.61 Å². The average Bonchev–Trinajstić information content (AvgIpc) is 2.72. The monoisotopic (exact) mass is 396 g/mol. The standard InChI is InChI=1S/C21H17ClN2O4/c22-17-11-12-19(18(13-17)24(26)27)28-14-20(25)23-21(15-7-3-1-4-8-15)16-9-5-2-6-10-16/h1-13,21H,14H2,(H,23,25). The van der Waals surface area contributed by atoms with Crippen molar-refractivity contribution < 1.29 is 14.5 Å². The van der Waals surface area contributed by atoms with Gasteiger partial charge in [-0.15, -0.1) is 0 Å². The van der Waals surface area contributed by atoms with Crippen LogP contribution in [0, 0.1) is 10.1 Å². The van der Waals surface area contributed by atoms with Gasteiger partial charge in [0.05, 0.1) is 11.0 Å². The molecule has 1 amide bonds. The van der Waals surface area contributed by atoms with E-state index in [4.69, 9.17) is 16.3 Å². The molecule has 0 saturated carbocycles. The molecule has 7 heteroatoms. The van der Waals surface area contributed by atoms with Crippen molar-refractivity contribution in [1.82, 2.24) is 5.32 Å². The second-order valence-corrected chi connectivity index (χ2v) is 6.42. The van der Waals surface area contributed by atoms with Gasteiger partial charge in [-0.05, 0) is 23.3 Å². The second kappa shape index (κ2) is 9.01. The van der Waals surface area contributed by atoms with Gasteiger partial charge in [0, 0.05) is 11.1 Å². The highest BCUT2D eigenvalue weighted by Crippen LogP contribution is 2.30. The molecule has 0 bridgehead atoms. The van der Waals surface area contributed by atoms with Crippen LogP contribution in [0.1, 0.15) is 17.2 Å². The van der Waals surface area contributed by atoms with Crippen LogP contribution in [-0.2, 0) is 4.79 Å². The van der Waals surface area contributed by atoms with Crippen LogP contribution in [0.25, 0.3) is 0 Å². The summed E-state index contributed by atoms with van der Waals surface area (Å²) in [7, 11) is 0. The fraction of sp³-hybridized carbons (Fsp3) is 0.0952. The number of benzene rings is 3. The third-order valence-electron chi connectivity index (χ3n) is 4.05. The average molecular weight is 397 g/mol. The minimum atomic E-state index is -0.601. The third kappa shape index (κ3) is 4.86. The number of rotatable bonds is 7. The number of hydrogen-bond donors (Lipinski definition) is 1. The van der Waals surface area contributed by atoms with Crippen LogP contribution in [0.3, 0.4) is 0 Å². The highest BCUT2D eigenvalue weighted by Gasteiger charge is 2.19. The summed E-state index contributed by atoms with van der Waals surface area (Å²) >= 11 is 5.79. The van der Waals surface area contributed by atoms with Gasteiger partial charge in [-0.3, -0.25) is 14.9 Å². The molecule has 0 atom stereocenters. The van der Waals surface area contributed by atoms with Gasteiger partial charge in [0.1, 0.15) is 0 Å². The summed E-state index contributed by atoms with van der Waals surface area (Å²) in [6, 6.07) is 22.7. The van der Waals surface area contributed by atoms with Crippen molar-refractivity contribution in [3.8, 4) is 5.75 Å². The molecular formula is C21H17ClN2O4. The fourth-order valence-corrected chi connectivity index (χ4v) is 2.92. The van der Waals surface area contributed by atoms with Crippen LogP contribution in [0.5, 0.6) is 5.75 Å². The summed E-state index contributed by atoms with van der Waals surface area (Å²) in [6.07, 6.45) is 0. The predicted octanol–water partition coefficient (Wildman–Crippen LogP) is 4.53. The molecule has 0 aliphatic rings. The number of nitrogens with one attached hydrogen (secondary N) is 1. The Labute approximate surface area is 166 Å². The number of nitro groups is 1. The molecule has 0 spiro atoms. The molecule has 28 heavy (non-hydrogen) atoms. The van der Waals surface area contributed by atoms with Crippen molar-refractivity contribution in [2.24, 2.45) is 0 Å². The minimum absolute atomic E-state index is 0.0134. The van der Waals surface area contributed by atoms with Gasteiger partial charge in [0.15, 0.2) is 12.4 Å².